The van der Waals surface area contributed by atoms with E-state index in [2.05, 4.69) is 21.3 Å². The smallest absolute Gasteiger partial charge is 0.246 e. The van der Waals surface area contributed by atoms with Gasteiger partial charge in [0, 0.05) is 46.7 Å². The third-order valence-corrected chi connectivity index (χ3v) is 15.9. The van der Waals surface area contributed by atoms with E-state index in [9.17, 15) is 47.9 Å². The molecule has 4 N–H and O–H groups in total. The molecule has 0 spiro atoms. The second kappa shape index (κ2) is 29.2. The molecule has 8 atom stereocenters. The first-order chi connectivity index (χ1) is 36.9. The van der Waals surface area contributed by atoms with Crippen LogP contribution in [0, 0.1) is 23.7 Å². The summed E-state index contributed by atoms with van der Waals surface area (Å²) in [6, 6.07) is 0.709. The van der Waals surface area contributed by atoms with Gasteiger partial charge in [0.05, 0.1) is 13.1 Å². The molecule has 3 saturated heterocycles. The van der Waals surface area contributed by atoms with Gasteiger partial charge in [-0.2, -0.15) is 0 Å². The lowest BCUT2D eigenvalue weighted by atomic mass is 9.89. The van der Waals surface area contributed by atoms with Crippen molar-refractivity contribution < 1.29 is 47.9 Å². The van der Waals surface area contributed by atoms with Crippen LogP contribution in [-0.4, -0.2) is 190 Å². The molecule has 20 heteroatoms. The molecule has 0 aromatic heterocycles. The van der Waals surface area contributed by atoms with E-state index in [4.69, 9.17) is 0 Å². The summed E-state index contributed by atoms with van der Waals surface area (Å²) in [4.78, 5) is 153. The number of hydrogen-bond acceptors (Lipinski definition) is 10. The van der Waals surface area contributed by atoms with E-state index in [1.807, 2.05) is 71.9 Å². The largest absolute Gasteiger partial charge is 0.343 e. The number of amides is 10. The van der Waals surface area contributed by atoms with Crippen molar-refractivity contribution in [3.8, 4) is 0 Å². The zero-order valence-electron chi connectivity index (χ0n) is 48.5. The van der Waals surface area contributed by atoms with Crippen molar-refractivity contribution in [1.29, 1.82) is 0 Å². The summed E-state index contributed by atoms with van der Waals surface area (Å²) in [5, 5.41) is 11.5. The Hall–Kier alpha value is -6.08. The Kier molecular flexibility index (Phi) is 23.5. The van der Waals surface area contributed by atoms with Crippen LogP contribution >= 0.6 is 0 Å². The summed E-state index contributed by atoms with van der Waals surface area (Å²) in [6.45, 7) is 16.1. The van der Waals surface area contributed by atoms with Crippen molar-refractivity contribution in [2.24, 2.45) is 23.7 Å². The first kappa shape index (κ1) is 62.8. The minimum Gasteiger partial charge on any atom is -0.343 e. The van der Waals surface area contributed by atoms with E-state index in [1.165, 1.54) is 50.4 Å². The summed E-state index contributed by atoms with van der Waals surface area (Å²) >= 11 is 0. The minimum atomic E-state index is -1.15. The molecule has 0 radical (unpaired) electrons. The topological polar surface area (TPSA) is 238 Å². The molecule has 1 aromatic carbocycles. The lowest BCUT2D eigenvalue weighted by molar-refractivity contribution is -0.149. The second-order valence-corrected chi connectivity index (χ2v) is 23.7. The molecule has 0 bridgehead atoms. The lowest BCUT2D eigenvalue weighted by Crippen LogP contribution is -2.60. The van der Waals surface area contributed by atoms with Crippen molar-refractivity contribution in [3.05, 3.63) is 35.9 Å². The van der Waals surface area contributed by atoms with Gasteiger partial charge < -0.3 is 50.7 Å². The highest BCUT2D eigenvalue weighted by molar-refractivity contribution is 5.99. The van der Waals surface area contributed by atoms with Gasteiger partial charge in [-0.1, -0.05) is 91.1 Å². The van der Waals surface area contributed by atoms with Gasteiger partial charge in [0.1, 0.15) is 48.3 Å². The molecular weight excluding hydrogens is 997 g/mol. The van der Waals surface area contributed by atoms with Crippen molar-refractivity contribution in [2.75, 3.05) is 53.4 Å². The fourth-order valence-electron chi connectivity index (χ4n) is 11.6. The first-order valence-corrected chi connectivity index (χ1v) is 28.9. The zero-order chi connectivity index (χ0) is 57.5. The Labute approximate surface area is 463 Å². The maximum absolute atomic E-state index is 14.9. The van der Waals surface area contributed by atoms with Gasteiger partial charge in [-0.15, -0.1) is 0 Å². The van der Waals surface area contributed by atoms with Crippen LogP contribution in [0.3, 0.4) is 0 Å². The van der Waals surface area contributed by atoms with E-state index >= 15 is 0 Å². The lowest BCUT2D eigenvalue weighted by Gasteiger charge is -2.36. The van der Waals surface area contributed by atoms with Crippen LogP contribution < -0.4 is 21.3 Å². The SMILES string of the molecule is CCN1CC(=O)N[C@@H](CC(C)C)C(=O)N2CCC[C@@H]2C(=O)N(C)[C@@H](CC(C)C)C(=O)N[C@@H](C)C(=O)N(CC2CCCCC2)CC(=O)N[C@@H](Cc2ccccc2)C(=O)N2CCC[C@@H]2C(=O)N(C)[C@@H](CC(C)C)C(=O)N[C@@H](C)C1=O. The fraction of sp³-hybridized carbons (Fsp3) is 0.724. The monoisotopic (exact) mass is 1090 g/mol. The Morgan fingerprint density at radius 3 is 1.40 bits per heavy atom. The predicted molar refractivity (Wildman–Crippen MR) is 296 cm³/mol. The Morgan fingerprint density at radius 1 is 0.500 bits per heavy atom. The predicted octanol–water partition coefficient (Wildman–Crippen LogP) is 3.25. The minimum absolute atomic E-state index is 0.0602. The molecule has 4 fully saturated rings. The molecule has 20 nitrogen and oxygen atoms in total. The number of nitrogens with one attached hydrogen (secondary N) is 4. The number of rotatable bonds is 11. The van der Waals surface area contributed by atoms with Gasteiger partial charge in [0.15, 0.2) is 0 Å². The van der Waals surface area contributed by atoms with Gasteiger partial charge in [-0.3, -0.25) is 47.9 Å². The Bertz CT molecular complexity index is 2270. The summed E-state index contributed by atoms with van der Waals surface area (Å²) in [5.74, 6) is -5.45. The van der Waals surface area contributed by atoms with Crippen molar-refractivity contribution in [1.82, 2.24) is 50.7 Å². The number of fused-ring (bicyclic) bond motifs is 2. The van der Waals surface area contributed by atoms with E-state index < -0.39 is 120 Å². The van der Waals surface area contributed by atoms with Crippen molar-refractivity contribution in [2.45, 2.75) is 194 Å². The highest BCUT2D eigenvalue weighted by Crippen LogP contribution is 2.28. The van der Waals surface area contributed by atoms with Crippen molar-refractivity contribution in [3.63, 3.8) is 0 Å². The van der Waals surface area contributed by atoms with Crippen LogP contribution in [0.1, 0.15) is 145 Å². The third kappa shape index (κ3) is 17.0. The normalized spacial score (nSPS) is 27.4. The van der Waals surface area contributed by atoms with E-state index in [-0.39, 0.29) is 75.5 Å². The molecule has 10 amide bonds. The molecule has 1 aliphatic carbocycles. The van der Waals surface area contributed by atoms with Crippen LogP contribution in [-0.2, 0) is 54.4 Å². The molecular formula is C58H92N10O10. The Balaban J connectivity index is 1.55. The molecule has 5 rings (SSSR count). The highest BCUT2D eigenvalue weighted by atomic mass is 16.2. The zero-order valence-corrected chi connectivity index (χ0v) is 48.5. The molecule has 3 aliphatic heterocycles. The number of benzene rings is 1. The van der Waals surface area contributed by atoms with Gasteiger partial charge in [-0.25, -0.2) is 0 Å². The number of hydrogen-bond donors (Lipinski definition) is 4. The van der Waals surface area contributed by atoms with Gasteiger partial charge in [0.25, 0.3) is 0 Å². The van der Waals surface area contributed by atoms with E-state index in [1.54, 1.807) is 13.8 Å². The molecule has 434 valence electrons. The van der Waals surface area contributed by atoms with E-state index in [0.717, 1.165) is 37.7 Å². The molecule has 1 aromatic rings. The van der Waals surface area contributed by atoms with Crippen LogP contribution in [0.2, 0.25) is 0 Å². The van der Waals surface area contributed by atoms with Gasteiger partial charge in [-0.05, 0) is 108 Å². The average molecular weight is 1090 g/mol. The van der Waals surface area contributed by atoms with Crippen LogP contribution in [0.5, 0.6) is 0 Å². The average Bonchev–Trinajstić information content (AvgIpc) is 4.13. The number of carbonyl (C=O) groups excluding carboxylic acids is 10. The van der Waals surface area contributed by atoms with Gasteiger partial charge in [0.2, 0.25) is 59.1 Å². The van der Waals surface area contributed by atoms with Crippen molar-refractivity contribution >= 4 is 59.1 Å². The first-order valence-electron chi connectivity index (χ1n) is 28.9. The molecule has 0 unspecified atom stereocenters. The van der Waals surface area contributed by atoms with Crippen LogP contribution in [0.25, 0.3) is 0 Å². The summed E-state index contributed by atoms with van der Waals surface area (Å²) in [5.41, 5.74) is 0.751. The molecule has 78 heavy (non-hydrogen) atoms. The summed E-state index contributed by atoms with van der Waals surface area (Å²) in [7, 11) is 3.03. The summed E-state index contributed by atoms with van der Waals surface area (Å²) in [6.07, 6.45) is 7.08. The molecule has 4 aliphatic rings. The number of nitrogens with zero attached hydrogens (tertiary/aromatic N) is 6. The number of likely N-dealkylation sites (N-methyl/N-ethyl adjacent to an activating group) is 3. The van der Waals surface area contributed by atoms with Crippen LogP contribution in [0.4, 0.5) is 0 Å². The standard InChI is InChI=1S/C58H92N10O10/c1-12-65-34-49(69)61-43(29-36(2)3)55(75)67-27-19-25-45(67)57(77)64(11)48(31-38(6)7)52(72)60-40(9)54(74)66(33-42-23-17-14-18-24-42)35-50(70)62-44(32-41-21-15-13-16-22-41)56(76)68-28-20-26-46(68)58(78)63(10)47(30-37(4)5)51(71)59-39(8)53(65)73/h13,15-16,21-22,36-40,42-48H,12,14,17-20,23-35H2,1-11H3,(H,59,71)(H,60,72)(H,61,69)(H,62,70)/t39-,40-,43-,44-,45+,46+,47-,48-/m0/s1. The Morgan fingerprint density at radius 2 is 0.936 bits per heavy atom. The maximum atomic E-state index is 14.9. The van der Waals surface area contributed by atoms with E-state index in [0.29, 0.717) is 25.7 Å². The third-order valence-electron chi connectivity index (χ3n) is 15.9. The number of carbonyl (C=O) groups is 10. The quantitative estimate of drug-likeness (QED) is 0.252. The molecule has 3 heterocycles. The maximum Gasteiger partial charge on any atom is 0.246 e. The van der Waals surface area contributed by atoms with Gasteiger partial charge >= 0.3 is 0 Å². The fourth-order valence-corrected chi connectivity index (χ4v) is 11.6. The molecule has 1 saturated carbocycles. The highest BCUT2D eigenvalue weighted by Gasteiger charge is 2.44. The second-order valence-electron chi connectivity index (χ2n) is 23.7. The van der Waals surface area contributed by atoms with Crippen LogP contribution in [0.15, 0.2) is 30.3 Å². The summed E-state index contributed by atoms with van der Waals surface area (Å²) < 4.78 is 0.